The van der Waals surface area contributed by atoms with E-state index in [1.54, 1.807) is 29.6 Å². The molecule has 0 bridgehead atoms. The average Bonchev–Trinajstić information content (AvgIpc) is 3.11. The molecule has 33 heavy (non-hydrogen) atoms. The van der Waals surface area contributed by atoms with Crippen LogP contribution in [0.4, 0.5) is 10.6 Å². The standard InChI is InChI=1S/C23H26IN7O2/c1-14-11-30(22(32)33-23(3,4)5)15(2)10-29(14)20-19-17(24)12-31(21(19)28-13-27-20)18-8-16(9-25)6-7-26-18/h6-8,12-15H,10-11H2,1-5H3/t14-,15+/m0/s1. The van der Waals surface area contributed by atoms with E-state index in [2.05, 4.69) is 55.4 Å². The normalized spacial score (nSPS) is 18.9. The van der Waals surface area contributed by atoms with E-state index in [0.717, 1.165) is 20.4 Å². The number of hydrogen-bond donors (Lipinski definition) is 0. The molecule has 4 heterocycles. The third-order valence-corrected chi connectivity index (χ3v) is 6.34. The van der Waals surface area contributed by atoms with Crippen molar-refractivity contribution in [3.05, 3.63) is 40.0 Å². The van der Waals surface area contributed by atoms with Gasteiger partial charge in [0.2, 0.25) is 0 Å². The topological polar surface area (TPSA) is 100 Å². The number of piperazine rings is 1. The summed E-state index contributed by atoms with van der Waals surface area (Å²) < 4.78 is 8.47. The van der Waals surface area contributed by atoms with Gasteiger partial charge in [0.15, 0.2) is 5.65 Å². The number of rotatable bonds is 2. The summed E-state index contributed by atoms with van der Waals surface area (Å²) in [4.78, 5) is 30.3. The molecule has 4 rings (SSSR count). The van der Waals surface area contributed by atoms with E-state index in [1.807, 2.05) is 38.5 Å². The lowest BCUT2D eigenvalue weighted by Gasteiger charge is -2.44. The van der Waals surface area contributed by atoms with Gasteiger partial charge in [0, 0.05) is 41.1 Å². The van der Waals surface area contributed by atoms with E-state index in [-0.39, 0.29) is 18.2 Å². The summed E-state index contributed by atoms with van der Waals surface area (Å²) in [6, 6.07) is 5.55. The minimum absolute atomic E-state index is 0.0333. The van der Waals surface area contributed by atoms with Crippen LogP contribution in [0.2, 0.25) is 0 Å². The fraction of sp³-hybridized carbons (Fsp3) is 0.435. The second-order valence-corrected chi connectivity index (χ2v) is 10.4. The summed E-state index contributed by atoms with van der Waals surface area (Å²) in [6.45, 7) is 10.9. The second-order valence-electron chi connectivity index (χ2n) is 9.24. The highest BCUT2D eigenvalue weighted by Crippen LogP contribution is 2.33. The molecule has 0 saturated carbocycles. The van der Waals surface area contributed by atoms with Crippen molar-refractivity contribution >= 4 is 45.5 Å². The van der Waals surface area contributed by atoms with Gasteiger partial charge in [-0.3, -0.25) is 4.57 Å². The van der Waals surface area contributed by atoms with Crippen LogP contribution in [-0.4, -0.2) is 61.3 Å². The number of fused-ring (bicyclic) bond motifs is 1. The minimum Gasteiger partial charge on any atom is -0.444 e. The number of hydrogen-bond acceptors (Lipinski definition) is 7. The van der Waals surface area contributed by atoms with Gasteiger partial charge >= 0.3 is 6.09 Å². The van der Waals surface area contributed by atoms with Crippen molar-refractivity contribution in [1.29, 1.82) is 5.26 Å². The van der Waals surface area contributed by atoms with Crippen LogP contribution in [0.1, 0.15) is 40.2 Å². The quantitative estimate of drug-likeness (QED) is 0.436. The monoisotopic (exact) mass is 559 g/mol. The molecule has 1 aliphatic rings. The van der Waals surface area contributed by atoms with Crippen molar-refractivity contribution in [2.75, 3.05) is 18.0 Å². The third-order valence-electron chi connectivity index (χ3n) is 5.52. The van der Waals surface area contributed by atoms with Crippen molar-refractivity contribution in [2.45, 2.75) is 52.3 Å². The van der Waals surface area contributed by atoms with E-state index in [4.69, 9.17) is 4.74 Å². The minimum atomic E-state index is -0.536. The molecule has 1 aliphatic heterocycles. The lowest BCUT2D eigenvalue weighted by molar-refractivity contribution is 0.0130. The Kier molecular flexibility index (Phi) is 6.18. The molecule has 172 valence electrons. The van der Waals surface area contributed by atoms with Gasteiger partial charge in [-0.25, -0.2) is 19.7 Å². The van der Waals surface area contributed by atoms with Crippen molar-refractivity contribution in [3.8, 4) is 11.9 Å². The van der Waals surface area contributed by atoms with E-state index in [0.29, 0.717) is 24.5 Å². The maximum atomic E-state index is 12.7. The smallest absolute Gasteiger partial charge is 0.410 e. The zero-order valence-electron chi connectivity index (χ0n) is 19.3. The van der Waals surface area contributed by atoms with Gasteiger partial charge in [0.05, 0.1) is 17.0 Å². The fourth-order valence-corrected chi connectivity index (χ4v) is 4.77. The Morgan fingerprint density at radius 3 is 2.67 bits per heavy atom. The molecule has 0 radical (unpaired) electrons. The highest BCUT2D eigenvalue weighted by Gasteiger charge is 2.36. The van der Waals surface area contributed by atoms with Gasteiger partial charge < -0.3 is 14.5 Å². The Hall–Kier alpha value is -2.94. The zero-order valence-corrected chi connectivity index (χ0v) is 21.4. The Balaban J connectivity index is 1.69. The molecule has 0 N–H and O–H groups in total. The lowest BCUT2D eigenvalue weighted by atomic mass is 10.1. The summed E-state index contributed by atoms with van der Waals surface area (Å²) in [5.41, 5.74) is 0.722. The summed E-state index contributed by atoms with van der Waals surface area (Å²) in [7, 11) is 0. The number of aromatic nitrogens is 4. The third kappa shape index (κ3) is 4.59. The van der Waals surface area contributed by atoms with Crippen LogP contribution in [0.3, 0.4) is 0 Å². The van der Waals surface area contributed by atoms with Crippen molar-refractivity contribution < 1.29 is 9.53 Å². The zero-order chi connectivity index (χ0) is 23.9. The van der Waals surface area contributed by atoms with E-state index >= 15 is 0 Å². The first kappa shape index (κ1) is 23.2. The number of nitrogens with zero attached hydrogens (tertiary/aromatic N) is 7. The van der Waals surface area contributed by atoms with Crippen LogP contribution in [0, 0.1) is 14.9 Å². The molecule has 0 aromatic carbocycles. The summed E-state index contributed by atoms with van der Waals surface area (Å²) in [5.74, 6) is 1.45. The Bertz CT molecular complexity index is 1240. The van der Waals surface area contributed by atoms with Crippen molar-refractivity contribution in [3.63, 3.8) is 0 Å². The Labute approximate surface area is 206 Å². The van der Waals surface area contributed by atoms with Crippen LogP contribution < -0.4 is 4.90 Å². The molecule has 0 aliphatic carbocycles. The van der Waals surface area contributed by atoms with Crippen LogP contribution in [0.5, 0.6) is 0 Å². The van der Waals surface area contributed by atoms with Gasteiger partial charge in [0.25, 0.3) is 0 Å². The summed E-state index contributed by atoms with van der Waals surface area (Å²) in [5, 5.41) is 10.2. The number of anilines is 1. The highest BCUT2D eigenvalue weighted by atomic mass is 127. The lowest BCUT2D eigenvalue weighted by Crippen LogP contribution is -2.59. The number of pyridine rings is 1. The molecular formula is C23H26IN7O2. The molecule has 9 nitrogen and oxygen atoms in total. The second kappa shape index (κ2) is 8.78. The predicted octanol–water partition coefficient (Wildman–Crippen LogP) is 4.13. The first-order valence-corrected chi connectivity index (χ1v) is 11.8. The van der Waals surface area contributed by atoms with Crippen molar-refractivity contribution in [1.82, 2.24) is 24.4 Å². The van der Waals surface area contributed by atoms with Crippen LogP contribution in [0.15, 0.2) is 30.9 Å². The fourth-order valence-electron chi connectivity index (χ4n) is 4.01. The molecule has 0 spiro atoms. The van der Waals surface area contributed by atoms with Gasteiger partial charge in [-0.15, -0.1) is 0 Å². The van der Waals surface area contributed by atoms with E-state index < -0.39 is 5.60 Å². The highest BCUT2D eigenvalue weighted by molar-refractivity contribution is 14.1. The van der Waals surface area contributed by atoms with Crippen LogP contribution in [0.25, 0.3) is 16.9 Å². The molecule has 2 atom stereocenters. The summed E-state index contributed by atoms with van der Waals surface area (Å²) in [6.07, 6.45) is 4.83. The molecule has 1 fully saturated rings. The summed E-state index contributed by atoms with van der Waals surface area (Å²) >= 11 is 2.28. The number of amides is 1. The Morgan fingerprint density at radius 1 is 1.21 bits per heavy atom. The first-order chi connectivity index (χ1) is 15.6. The molecule has 1 saturated heterocycles. The number of halogens is 1. The Morgan fingerprint density at radius 2 is 1.97 bits per heavy atom. The van der Waals surface area contributed by atoms with Crippen LogP contribution in [-0.2, 0) is 4.74 Å². The predicted molar refractivity (Wildman–Crippen MR) is 133 cm³/mol. The average molecular weight is 559 g/mol. The van der Waals surface area contributed by atoms with Gasteiger partial charge in [-0.05, 0) is 69.3 Å². The number of carbonyl (C=O) groups is 1. The molecular weight excluding hydrogens is 533 g/mol. The molecule has 3 aromatic heterocycles. The number of nitriles is 1. The van der Waals surface area contributed by atoms with E-state index in [9.17, 15) is 10.1 Å². The maximum Gasteiger partial charge on any atom is 0.410 e. The number of carbonyl (C=O) groups excluding carboxylic acids is 1. The van der Waals surface area contributed by atoms with Gasteiger partial charge in [-0.2, -0.15) is 5.26 Å². The van der Waals surface area contributed by atoms with E-state index in [1.165, 1.54) is 0 Å². The molecule has 0 unspecified atom stereocenters. The van der Waals surface area contributed by atoms with Gasteiger partial charge in [0.1, 0.15) is 23.6 Å². The number of ether oxygens (including phenoxy) is 1. The molecule has 3 aromatic rings. The maximum absolute atomic E-state index is 12.7. The SMILES string of the molecule is C[C@@H]1CN(c2ncnc3c2c(I)cn3-c2cc(C#N)ccn2)[C@@H](C)CN1C(=O)OC(C)(C)C. The molecule has 1 amide bonds. The van der Waals surface area contributed by atoms with Crippen molar-refractivity contribution in [2.24, 2.45) is 0 Å². The largest absolute Gasteiger partial charge is 0.444 e. The van der Waals surface area contributed by atoms with Gasteiger partial charge in [-0.1, -0.05) is 0 Å². The van der Waals surface area contributed by atoms with Crippen LogP contribution >= 0.6 is 22.6 Å². The first-order valence-electron chi connectivity index (χ1n) is 10.7. The molecule has 10 heteroatoms.